The molecular weight excluding hydrogens is 508 g/mol. The van der Waals surface area contributed by atoms with E-state index < -0.39 is 17.7 Å². The SMILES string of the molecule is CCc1ccccc1NC(=O)C(=O)Nn1c(C(=O)Nc2cccc(C)c2C)cc2cc(Br)ccc21. The fourth-order valence-corrected chi connectivity index (χ4v) is 4.21. The summed E-state index contributed by atoms with van der Waals surface area (Å²) in [6, 6.07) is 20.0. The second kappa shape index (κ2) is 10.1. The zero-order valence-electron chi connectivity index (χ0n) is 19.6. The first kappa shape index (κ1) is 24.2. The highest BCUT2D eigenvalue weighted by atomic mass is 79.9. The molecule has 1 heterocycles. The maximum Gasteiger partial charge on any atom is 0.328 e. The van der Waals surface area contributed by atoms with Crippen molar-refractivity contribution in [3.63, 3.8) is 0 Å². The number of aromatic nitrogens is 1. The van der Waals surface area contributed by atoms with Gasteiger partial charge in [0.05, 0.1) is 5.52 Å². The highest BCUT2D eigenvalue weighted by Gasteiger charge is 2.22. The molecular formula is C27H25BrN4O3. The van der Waals surface area contributed by atoms with Crippen LogP contribution in [0.2, 0.25) is 0 Å². The van der Waals surface area contributed by atoms with E-state index in [1.54, 1.807) is 30.3 Å². The molecule has 4 rings (SSSR count). The van der Waals surface area contributed by atoms with Gasteiger partial charge in [0.1, 0.15) is 5.69 Å². The van der Waals surface area contributed by atoms with Crippen LogP contribution in [0.1, 0.15) is 34.1 Å². The lowest BCUT2D eigenvalue weighted by Gasteiger charge is -2.14. The molecule has 178 valence electrons. The van der Waals surface area contributed by atoms with Gasteiger partial charge in [0.2, 0.25) is 0 Å². The molecule has 0 aliphatic heterocycles. The molecule has 0 spiro atoms. The van der Waals surface area contributed by atoms with E-state index in [9.17, 15) is 14.4 Å². The number of fused-ring (bicyclic) bond motifs is 1. The maximum absolute atomic E-state index is 13.3. The molecule has 0 unspecified atom stereocenters. The molecule has 0 radical (unpaired) electrons. The lowest BCUT2D eigenvalue weighted by molar-refractivity contribution is -0.133. The van der Waals surface area contributed by atoms with Gasteiger partial charge in [0, 0.05) is 21.2 Å². The number of amides is 3. The Morgan fingerprint density at radius 2 is 1.60 bits per heavy atom. The number of nitrogens with zero attached hydrogens (tertiary/aromatic N) is 1. The van der Waals surface area contributed by atoms with Crippen LogP contribution >= 0.6 is 15.9 Å². The molecule has 0 fully saturated rings. The van der Waals surface area contributed by atoms with Crippen molar-refractivity contribution in [2.75, 3.05) is 16.1 Å². The van der Waals surface area contributed by atoms with E-state index in [0.717, 1.165) is 26.5 Å². The number of halogens is 1. The van der Waals surface area contributed by atoms with E-state index in [0.29, 0.717) is 23.3 Å². The van der Waals surface area contributed by atoms with Gasteiger partial charge in [0.25, 0.3) is 5.91 Å². The number of carbonyl (C=O) groups excluding carboxylic acids is 3. The summed E-state index contributed by atoms with van der Waals surface area (Å²) in [6.45, 7) is 5.86. The summed E-state index contributed by atoms with van der Waals surface area (Å²) in [6.07, 6.45) is 0.706. The zero-order valence-corrected chi connectivity index (χ0v) is 21.2. The lowest BCUT2D eigenvalue weighted by Crippen LogP contribution is -2.36. The third kappa shape index (κ3) is 5.12. The topological polar surface area (TPSA) is 92.2 Å². The molecule has 3 N–H and O–H groups in total. The summed E-state index contributed by atoms with van der Waals surface area (Å²) in [5.74, 6) is -2.13. The zero-order chi connectivity index (χ0) is 25.1. The summed E-state index contributed by atoms with van der Waals surface area (Å²) in [5, 5.41) is 6.30. The standard InChI is InChI=1S/C27H25BrN4O3/c1-4-18-9-5-6-10-22(18)30-26(34)27(35)31-32-23-13-12-20(28)14-19(23)15-24(32)25(33)29-21-11-7-8-16(2)17(21)3/h5-15H,4H2,1-3H3,(H,29,33)(H,30,34)(H,31,35). The molecule has 0 aliphatic rings. The van der Waals surface area contributed by atoms with E-state index in [2.05, 4.69) is 32.0 Å². The van der Waals surface area contributed by atoms with E-state index in [1.807, 2.05) is 57.2 Å². The van der Waals surface area contributed by atoms with Crippen LogP contribution in [0, 0.1) is 13.8 Å². The quantitative estimate of drug-likeness (QED) is 0.294. The fraction of sp³-hybridized carbons (Fsp3) is 0.148. The molecule has 0 aliphatic carbocycles. The molecule has 0 saturated heterocycles. The second-order valence-electron chi connectivity index (χ2n) is 8.18. The van der Waals surface area contributed by atoms with Crippen molar-refractivity contribution in [2.45, 2.75) is 27.2 Å². The molecule has 3 aromatic carbocycles. The Balaban J connectivity index is 1.65. The van der Waals surface area contributed by atoms with Gasteiger partial charge < -0.3 is 10.6 Å². The highest BCUT2D eigenvalue weighted by Crippen LogP contribution is 2.25. The van der Waals surface area contributed by atoms with Crippen LogP contribution < -0.4 is 16.1 Å². The van der Waals surface area contributed by atoms with E-state index in [4.69, 9.17) is 0 Å². The Labute approximate surface area is 211 Å². The smallest absolute Gasteiger partial charge is 0.320 e. The Kier molecular flexibility index (Phi) is 7.02. The first-order valence-corrected chi connectivity index (χ1v) is 12.0. The van der Waals surface area contributed by atoms with Gasteiger partial charge in [-0.2, -0.15) is 0 Å². The minimum Gasteiger partial charge on any atom is -0.320 e. The minimum absolute atomic E-state index is 0.189. The monoisotopic (exact) mass is 532 g/mol. The van der Waals surface area contributed by atoms with Gasteiger partial charge in [-0.3, -0.25) is 19.8 Å². The number of nitrogens with one attached hydrogen (secondary N) is 3. The summed E-state index contributed by atoms with van der Waals surface area (Å²) >= 11 is 3.44. The van der Waals surface area contributed by atoms with Gasteiger partial charge in [0.15, 0.2) is 0 Å². The second-order valence-corrected chi connectivity index (χ2v) is 9.09. The van der Waals surface area contributed by atoms with Crippen LogP contribution in [0.15, 0.2) is 71.2 Å². The molecule has 0 bridgehead atoms. The Hall–Kier alpha value is -3.91. The van der Waals surface area contributed by atoms with E-state index in [-0.39, 0.29) is 5.69 Å². The summed E-state index contributed by atoms with van der Waals surface area (Å²) in [7, 11) is 0. The Morgan fingerprint density at radius 3 is 2.37 bits per heavy atom. The fourth-order valence-electron chi connectivity index (χ4n) is 3.83. The average molecular weight is 533 g/mol. The molecule has 0 saturated carbocycles. The van der Waals surface area contributed by atoms with Crippen LogP contribution in [-0.2, 0) is 16.0 Å². The Morgan fingerprint density at radius 1 is 0.857 bits per heavy atom. The molecule has 35 heavy (non-hydrogen) atoms. The number of carbonyl (C=O) groups is 3. The number of rotatable bonds is 5. The first-order chi connectivity index (χ1) is 16.8. The van der Waals surface area contributed by atoms with Crippen LogP contribution in [-0.4, -0.2) is 22.4 Å². The minimum atomic E-state index is -0.892. The molecule has 4 aromatic rings. The van der Waals surface area contributed by atoms with Crippen LogP contribution in [0.4, 0.5) is 11.4 Å². The molecule has 8 heteroatoms. The van der Waals surface area contributed by atoms with Crippen molar-refractivity contribution < 1.29 is 14.4 Å². The molecule has 3 amide bonds. The largest absolute Gasteiger partial charge is 0.328 e. The lowest BCUT2D eigenvalue weighted by atomic mass is 10.1. The number of anilines is 2. The normalized spacial score (nSPS) is 10.7. The van der Waals surface area contributed by atoms with Crippen molar-refractivity contribution in [1.82, 2.24) is 4.68 Å². The number of aryl methyl sites for hydroxylation is 2. The van der Waals surface area contributed by atoms with Gasteiger partial charge >= 0.3 is 11.8 Å². The highest BCUT2D eigenvalue weighted by molar-refractivity contribution is 9.10. The van der Waals surface area contributed by atoms with Gasteiger partial charge in [-0.05, 0) is 73.4 Å². The number of para-hydroxylation sites is 1. The third-order valence-electron chi connectivity index (χ3n) is 5.92. The molecule has 7 nitrogen and oxygen atoms in total. The summed E-state index contributed by atoms with van der Waals surface area (Å²) in [5.41, 5.74) is 7.52. The van der Waals surface area contributed by atoms with Crippen LogP contribution in [0.25, 0.3) is 10.9 Å². The predicted molar refractivity (Wildman–Crippen MR) is 142 cm³/mol. The summed E-state index contributed by atoms with van der Waals surface area (Å²) in [4.78, 5) is 38.9. The molecule has 1 aromatic heterocycles. The van der Waals surface area contributed by atoms with E-state index >= 15 is 0 Å². The van der Waals surface area contributed by atoms with Crippen molar-refractivity contribution >= 4 is 55.9 Å². The predicted octanol–water partition coefficient (Wildman–Crippen LogP) is 5.54. The number of hydrogen-bond acceptors (Lipinski definition) is 3. The van der Waals surface area contributed by atoms with Crippen molar-refractivity contribution in [1.29, 1.82) is 0 Å². The maximum atomic E-state index is 13.3. The van der Waals surface area contributed by atoms with Crippen LogP contribution in [0.3, 0.4) is 0 Å². The number of hydrogen-bond donors (Lipinski definition) is 3. The van der Waals surface area contributed by atoms with Gasteiger partial charge in [-0.1, -0.05) is 53.2 Å². The average Bonchev–Trinajstić information content (AvgIpc) is 3.19. The van der Waals surface area contributed by atoms with Crippen molar-refractivity contribution in [3.8, 4) is 0 Å². The van der Waals surface area contributed by atoms with Crippen molar-refractivity contribution in [2.24, 2.45) is 0 Å². The number of benzene rings is 3. The first-order valence-electron chi connectivity index (χ1n) is 11.2. The van der Waals surface area contributed by atoms with Gasteiger partial charge in [-0.25, -0.2) is 4.68 Å². The van der Waals surface area contributed by atoms with E-state index in [1.165, 1.54) is 4.68 Å². The van der Waals surface area contributed by atoms with Crippen LogP contribution in [0.5, 0.6) is 0 Å². The third-order valence-corrected chi connectivity index (χ3v) is 6.41. The van der Waals surface area contributed by atoms with Gasteiger partial charge in [-0.15, -0.1) is 0 Å². The Bertz CT molecular complexity index is 1460. The summed E-state index contributed by atoms with van der Waals surface area (Å²) < 4.78 is 2.17. The molecule has 0 atom stereocenters. The van der Waals surface area contributed by atoms with Crippen molar-refractivity contribution in [3.05, 3.63) is 93.6 Å².